The Labute approximate surface area is 108 Å². The van der Waals surface area contributed by atoms with Crippen LogP contribution in [0.15, 0.2) is 30.3 Å². The molecule has 1 heterocycles. The maximum Gasteiger partial charge on any atom is 0.228 e. The van der Waals surface area contributed by atoms with Crippen molar-refractivity contribution in [3.05, 3.63) is 35.9 Å². The number of benzene rings is 1. The molecule has 1 aliphatic heterocycles. The Morgan fingerprint density at radius 2 is 2.11 bits per heavy atom. The first-order chi connectivity index (χ1) is 8.72. The summed E-state index contributed by atoms with van der Waals surface area (Å²) in [4.78, 5) is 14.1. The molecule has 0 unspecified atom stereocenters. The Morgan fingerprint density at radius 1 is 1.39 bits per heavy atom. The average Bonchev–Trinajstić information content (AvgIpc) is 2.73. The quantitative estimate of drug-likeness (QED) is 0.866. The Balaban J connectivity index is 1.95. The first-order valence-corrected chi connectivity index (χ1v) is 6.73. The molecule has 18 heavy (non-hydrogen) atoms. The van der Waals surface area contributed by atoms with Crippen LogP contribution in [0.3, 0.4) is 0 Å². The molecule has 0 saturated carbocycles. The van der Waals surface area contributed by atoms with Gasteiger partial charge in [0.1, 0.15) is 0 Å². The smallest absolute Gasteiger partial charge is 0.228 e. The predicted molar refractivity (Wildman–Crippen MR) is 70.9 cm³/mol. The lowest BCUT2D eigenvalue weighted by Crippen LogP contribution is -2.32. The summed E-state index contributed by atoms with van der Waals surface area (Å²) in [6, 6.07) is 10.0. The number of amides is 1. The van der Waals surface area contributed by atoms with Crippen LogP contribution in [0.5, 0.6) is 0 Å². The molecule has 1 amide bonds. The lowest BCUT2D eigenvalue weighted by atomic mass is 9.97. The number of carbonyl (C=O) groups excluding carboxylic acids is 1. The minimum Gasteiger partial charge on any atom is -0.392 e. The molecule has 1 aromatic carbocycles. The topological polar surface area (TPSA) is 40.5 Å². The van der Waals surface area contributed by atoms with E-state index < -0.39 is 6.10 Å². The van der Waals surface area contributed by atoms with Crippen molar-refractivity contribution >= 4 is 5.91 Å². The standard InChI is InChI=1S/C15H21NO2/c1-2-6-14(17)13-9-10-16(15(13)18)11-12-7-4-3-5-8-12/h3-5,7-8,13-14,17H,2,6,9-11H2,1H3/t13-,14+/m0/s1. The summed E-state index contributed by atoms with van der Waals surface area (Å²) >= 11 is 0. The Morgan fingerprint density at radius 3 is 2.78 bits per heavy atom. The molecule has 1 saturated heterocycles. The first-order valence-electron chi connectivity index (χ1n) is 6.73. The van der Waals surface area contributed by atoms with E-state index in [9.17, 15) is 9.90 Å². The second-order valence-corrected chi connectivity index (χ2v) is 5.00. The van der Waals surface area contributed by atoms with Crippen LogP contribution < -0.4 is 0 Å². The molecule has 0 aromatic heterocycles. The largest absolute Gasteiger partial charge is 0.392 e. The highest BCUT2D eigenvalue weighted by Crippen LogP contribution is 2.25. The second kappa shape index (κ2) is 6.01. The number of hydrogen-bond donors (Lipinski definition) is 1. The van der Waals surface area contributed by atoms with Crippen molar-refractivity contribution in [1.29, 1.82) is 0 Å². The van der Waals surface area contributed by atoms with Gasteiger partial charge in [-0.05, 0) is 18.4 Å². The molecule has 0 aliphatic carbocycles. The molecule has 3 heteroatoms. The molecule has 2 atom stereocenters. The van der Waals surface area contributed by atoms with Gasteiger partial charge in [0, 0.05) is 13.1 Å². The number of aliphatic hydroxyl groups is 1. The monoisotopic (exact) mass is 247 g/mol. The highest BCUT2D eigenvalue weighted by atomic mass is 16.3. The molecule has 3 nitrogen and oxygen atoms in total. The van der Waals surface area contributed by atoms with Crippen molar-refractivity contribution in [2.24, 2.45) is 5.92 Å². The summed E-state index contributed by atoms with van der Waals surface area (Å²) in [6.45, 7) is 3.46. The fraction of sp³-hybridized carbons (Fsp3) is 0.533. The van der Waals surface area contributed by atoms with Crippen LogP contribution in [0.1, 0.15) is 31.7 Å². The van der Waals surface area contributed by atoms with Gasteiger partial charge in [-0.15, -0.1) is 0 Å². The summed E-state index contributed by atoms with van der Waals surface area (Å²) in [7, 11) is 0. The molecule has 1 aliphatic rings. The Kier molecular flexibility index (Phi) is 4.37. The van der Waals surface area contributed by atoms with Crippen LogP contribution in [0, 0.1) is 5.92 Å². The highest BCUT2D eigenvalue weighted by molar-refractivity contribution is 5.81. The van der Waals surface area contributed by atoms with Crippen molar-refractivity contribution in [2.75, 3.05) is 6.54 Å². The van der Waals surface area contributed by atoms with Crippen LogP contribution in [0.25, 0.3) is 0 Å². The zero-order chi connectivity index (χ0) is 13.0. The lowest BCUT2D eigenvalue weighted by molar-refractivity contribution is -0.134. The molecule has 0 spiro atoms. The van der Waals surface area contributed by atoms with Gasteiger partial charge < -0.3 is 10.0 Å². The summed E-state index contributed by atoms with van der Waals surface area (Å²) in [5, 5.41) is 9.96. The van der Waals surface area contributed by atoms with Gasteiger partial charge in [0.2, 0.25) is 5.91 Å². The van der Waals surface area contributed by atoms with Crippen molar-refractivity contribution in [2.45, 2.75) is 38.8 Å². The van der Waals surface area contributed by atoms with Crippen molar-refractivity contribution in [3.63, 3.8) is 0 Å². The first kappa shape index (κ1) is 13.1. The molecule has 2 rings (SSSR count). The normalized spacial score (nSPS) is 21.3. The fourth-order valence-corrected chi connectivity index (χ4v) is 2.58. The van der Waals surface area contributed by atoms with E-state index in [1.54, 1.807) is 0 Å². The molecule has 98 valence electrons. The Hall–Kier alpha value is -1.35. The number of aliphatic hydroxyl groups excluding tert-OH is 1. The molecule has 1 fully saturated rings. The third-order valence-corrected chi connectivity index (χ3v) is 3.60. The van der Waals surface area contributed by atoms with Crippen molar-refractivity contribution < 1.29 is 9.90 Å². The maximum atomic E-state index is 12.2. The van der Waals surface area contributed by atoms with Crippen LogP contribution >= 0.6 is 0 Å². The average molecular weight is 247 g/mol. The summed E-state index contributed by atoms with van der Waals surface area (Å²) in [5.74, 6) is -0.0755. The zero-order valence-electron chi connectivity index (χ0n) is 10.9. The van der Waals surface area contributed by atoms with Gasteiger partial charge in [-0.1, -0.05) is 43.7 Å². The fourth-order valence-electron chi connectivity index (χ4n) is 2.58. The molecular weight excluding hydrogens is 226 g/mol. The molecule has 0 bridgehead atoms. The molecule has 0 radical (unpaired) electrons. The van der Waals surface area contributed by atoms with E-state index in [1.165, 1.54) is 0 Å². The summed E-state index contributed by atoms with van der Waals surface area (Å²) in [5.41, 5.74) is 1.15. The SMILES string of the molecule is CCC[C@@H](O)[C@@H]1CCN(Cc2ccccc2)C1=O. The van der Waals surface area contributed by atoms with Gasteiger partial charge in [-0.25, -0.2) is 0 Å². The number of hydrogen-bond acceptors (Lipinski definition) is 2. The third-order valence-electron chi connectivity index (χ3n) is 3.60. The van der Waals surface area contributed by atoms with E-state index in [4.69, 9.17) is 0 Å². The number of carbonyl (C=O) groups is 1. The van der Waals surface area contributed by atoms with Gasteiger partial charge in [-0.3, -0.25) is 4.79 Å². The number of nitrogens with zero attached hydrogens (tertiary/aromatic N) is 1. The van der Waals surface area contributed by atoms with E-state index in [-0.39, 0.29) is 11.8 Å². The molecule has 1 N–H and O–H groups in total. The van der Waals surface area contributed by atoms with Crippen LogP contribution in [-0.4, -0.2) is 28.6 Å². The van der Waals surface area contributed by atoms with Gasteiger partial charge >= 0.3 is 0 Å². The lowest BCUT2D eigenvalue weighted by Gasteiger charge is -2.19. The van der Waals surface area contributed by atoms with E-state index >= 15 is 0 Å². The van der Waals surface area contributed by atoms with Gasteiger partial charge in [0.05, 0.1) is 12.0 Å². The maximum absolute atomic E-state index is 12.2. The molecular formula is C15H21NO2. The second-order valence-electron chi connectivity index (χ2n) is 5.00. The van der Waals surface area contributed by atoms with Crippen LogP contribution in [0.4, 0.5) is 0 Å². The van der Waals surface area contributed by atoms with Gasteiger partial charge in [0.15, 0.2) is 0 Å². The highest BCUT2D eigenvalue weighted by Gasteiger charge is 2.35. The van der Waals surface area contributed by atoms with Gasteiger partial charge in [-0.2, -0.15) is 0 Å². The predicted octanol–water partition coefficient (Wildman–Crippen LogP) is 2.20. The van der Waals surface area contributed by atoms with Gasteiger partial charge in [0.25, 0.3) is 0 Å². The van der Waals surface area contributed by atoms with Crippen LogP contribution in [-0.2, 0) is 11.3 Å². The van der Waals surface area contributed by atoms with Crippen molar-refractivity contribution in [3.8, 4) is 0 Å². The van der Waals surface area contributed by atoms with E-state index in [2.05, 4.69) is 0 Å². The minimum atomic E-state index is -0.469. The van der Waals surface area contributed by atoms with Crippen molar-refractivity contribution in [1.82, 2.24) is 4.90 Å². The van der Waals surface area contributed by atoms with Crippen LogP contribution in [0.2, 0.25) is 0 Å². The van der Waals surface area contributed by atoms with E-state index in [0.29, 0.717) is 6.54 Å². The van der Waals surface area contributed by atoms with E-state index in [1.807, 2.05) is 42.2 Å². The molecule has 1 aromatic rings. The summed E-state index contributed by atoms with van der Waals surface area (Å²) in [6.07, 6.45) is 1.95. The number of likely N-dealkylation sites (tertiary alicyclic amines) is 1. The zero-order valence-corrected chi connectivity index (χ0v) is 10.9. The minimum absolute atomic E-state index is 0.111. The Bertz CT molecular complexity index is 391. The summed E-state index contributed by atoms with van der Waals surface area (Å²) < 4.78 is 0. The third kappa shape index (κ3) is 2.91. The number of rotatable bonds is 5. The van der Waals surface area contributed by atoms with E-state index in [0.717, 1.165) is 31.4 Å².